The highest BCUT2D eigenvalue weighted by Gasteiger charge is 2.29. The van der Waals surface area contributed by atoms with Crippen molar-refractivity contribution in [3.8, 4) is 0 Å². The molecule has 0 saturated carbocycles. The molecule has 0 spiro atoms. The molecule has 1 aromatic rings. The molecule has 1 saturated heterocycles. The molecule has 1 aliphatic rings. The second-order valence-corrected chi connectivity index (χ2v) is 6.62. The summed E-state index contributed by atoms with van der Waals surface area (Å²) >= 11 is 5.66. The average Bonchev–Trinajstić information content (AvgIpc) is 2.88. The molecular formula is C11H17ClN2O3S. The van der Waals surface area contributed by atoms with Crippen molar-refractivity contribution in [2.75, 3.05) is 20.3 Å². The van der Waals surface area contributed by atoms with Crippen LogP contribution in [0.4, 0.5) is 0 Å². The Morgan fingerprint density at radius 1 is 1.50 bits per heavy atom. The van der Waals surface area contributed by atoms with Crippen LogP contribution in [0, 0.1) is 0 Å². The number of hydrogen-bond donors (Lipinski definition) is 1. The molecule has 0 bridgehead atoms. The third kappa shape index (κ3) is 2.71. The van der Waals surface area contributed by atoms with Crippen molar-refractivity contribution in [3.63, 3.8) is 0 Å². The van der Waals surface area contributed by atoms with E-state index in [9.17, 15) is 8.42 Å². The van der Waals surface area contributed by atoms with Gasteiger partial charge in [0, 0.05) is 38.2 Å². The lowest BCUT2D eigenvalue weighted by molar-refractivity contribution is 0.0632. The first-order chi connectivity index (χ1) is 8.55. The summed E-state index contributed by atoms with van der Waals surface area (Å²) in [6, 6.07) is 1.59. The average molecular weight is 293 g/mol. The minimum Gasteiger partial charge on any atom is -0.381 e. The number of aromatic nitrogens is 1. The Labute approximate surface area is 112 Å². The standard InChI is InChI=1S/C11H17ClN2O3S/c1-14(10-2-4-17-5-3-10)18(15,16)11-6-9(7-12)13-8-11/h6,8,10,13H,2-5,7H2,1H3. The predicted molar refractivity (Wildman–Crippen MR) is 69.1 cm³/mol. The molecule has 18 heavy (non-hydrogen) atoms. The summed E-state index contributed by atoms with van der Waals surface area (Å²) in [4.78, 5) is 3.13. The minimum atomic E-state index is -3.44. The molecule has 0 radical (unpaired) electrons. The largest absolute Gasteiger partial charge is 0.381 e. The summed E-state index contributed by atoms with van der Waals surface area (Å²) in [6.45, 7) is 1.23. The van der Waals surface area contributed by atoms with Gasteiger partial charge in [-0.05, 0) is 18.9 Å². The molecule has 0 amide bonds. The summed E-state index contributed by atoms with van der Waals surface area (Å²) in [5.74, 6) is 0.274. The van der Waals surface area contributed by atoms with E-state index in [2.05, 4.69) is 4.98 Å². The molecular weight excluding hydrogens is 276 g/mol. The number of alkyl halides is 1. The summed E-state index contributed by atoms with van der Waals surface area (Å²) in [5, 5.41) is 0. The SMILES string of the molecule is CN(C1CCOCC1)S(=O)(=O)c1c[nH]c(CCl)c1. The zero-order valence-electron chi connectivity index (χ0n) is 10.2. The van der Waals surface area contributed by atoms with Crippen LogP contribution in [0.3, 0.4) is 0 Å². The molecule has 0 unspecified atom stereocenters. The van der Waals surface area contributed by atoms with Crippen LogP contribution in [0.5, 0.6) is 0 Å². The second kappa shape index (κ2) is 5.61. The van der Waals surface area contributed by atoms with E-state index in [4.69, 9.17) is 16.3 Å². The summed E-state index contributed by atoms with van der Waals surface area (Å²) < 4.78 is 31.5. The van der Waals surface area contributed by atoms with Gasteiger partial charge in [-0.25, -0.2) is 8.42 Å². The van der Waals surface area contributed by atoms with Crippen molar-refractivity contribution < 1.29 is 13.2 Å². The van der Waals surface area contributed by atoms with Gasteiger partial charge < -0.3 is 9.72 Å². The Morgan fingerprint density at radius 3 is 2.72 bits per heavy atom. The van der Waals surface area contributed by atoms with Crippen LogP contribution in [0.2, 0.25) is 0 Å². The fourth-order valence-electron chi connectivity index (χ4n) is 2.06. The number of H-pyrrole nitrogens is 1. The van der Waals surface area contributed by atoms with Crippen LogP contribution in [0.1, 0.15) is 18.5 Å². The quantitative estimate of drug-likeness (QED) is 0.857. The Morgan fingerprint density at radius 2 is 2.17 bits per heavy atom. The smallest absolute Gasteiger partial charge is 0.244 e. The van der Waals surface area contributed by atoms with E-state index in [1.807, 2.05) is 0 Å². The molecule has 2 rings (SSSR count). The van der Waals surface area contributed by atoms with Gasteiger partial charge in [-0.1, -0.05) is 0 Å². The Hall–Kier alpha value is -0.560. The number of rotatable bonds is 4. The maximum absolute atomic E-state index is 12.4. The van der Waals surface area contributed by atoms with Crippen molar-refractivity contribution in [1.82, 2.24) is 9.29 Å². The van der Waals surface area contributed by atoms with Crippen molar-refractivity contribution in [3.05, 3.63) is 18.0 Å². The Bertz CT molecular complexity index is 494. The van der Waals surface area contributed by atoms with Gasteiger partial charge in [-0.2, -0.15) is 4.31 Å². The normalized spacial score (nSPS) is 18.4. The predicted octanol–water partition coefficient (Wildman–Crippen LogP) is 1.55. The first-order valence-electron chi connectivity index (χ1n) is 5.84. The Balaban J connectivity index is 2.18. The maximum atomic E-state index is 12.4. The Kier molecular flexibility index (Phi) is 4.32. The van der Waals surface area contributed by atoms with Gasteiger partial charge in [0.05, 0.1) is 10.8 Å². The molecule has 102 valence electrons. The maximum Gasteiger partial charge on any atom is 0.244 e. The molecule has 0 aliphatic carbocycles. The number of aromatic amines is 1. The zero-order chi connectivity index (χ0) is 13.2. The van der Waals surface area contributed by atoms with Crippen LogP contribution in [-0.4, -0.2) is 44.0 Å². The number of nitrogens with zero attached hydrogens (tertiary/aromatic N) is 1. The van der Waals surface area contributed by atoms with Gasteiger partial charge in [0.15, 0.2) is 0 Å². The molecule has 0 atom stereocenters. The summed E-state index contributed by atoms with van der Waals surface area (Å²) in [5.41, 5.74) is 0.704. The van der Waals surface area contributed by atoms with E-state index in [1.165, 1.54) is 10.5 Å². The summed E-state index contributed by atoms with van der Waals surface area (Å²) in [6.07, 6.45) is 2.97. The number of halogens is 1. The van der Waals surface area contributed by atoms with Gasteiger partial charge in [0.1, 0.15) is 0 Å². The van der Waals surface area contributed by atoms with E-state index in [-0.39, 0.29) is 16.8 Å². The van der Waals surface area contributed by atoms with E-state index < -0.39 is 10.0 Å². The van der Waals surface area contributed by atoms with E-state index in [0.717, 1.165) is 12.8 Å². The minimum absolute atomic E-state index is 0.0121. The molecule has 7 heteroatoms. The molecule has 1 N–H and O–H groups in total. The third-order valence-electron chi connectivity index (χ3n) is 3.24. The molecule has 2 heterocycles. The van der Waals surface area contributed by atoms with Gasteiger partial charge in [-0.3, -0.25) is 0 Å². The van der Waals surface area contributed by atoms with E-state index in [0.29, 0.717) is 18.9 Å². The molecule has 1 aliphatic heterocycles. The first kappa shape index (κ1) is 13.9. The number of nitrogens with one attached hydrogen (secondary N) is 1. The van der Waals surface area contributed by atoms with Crippen LogP contribution in [0.25, 0.3) is 0 Å². The van der Waals surface area contributed by atoms with Crippen molar-refractivity contribution in [2.45, 2.75) is 29.7 Å². The molecule has 0 aromatic carbocycles. The lowest BCUT2D eigenvalue weighted by Crippen LogP contribution is -2.40. The van der Waals surface area contributed by atoms with Gasteiger partial charge in [0.25, 0.3) is 0 Å². The first-order valence-corrected chi connectivity index (χ1v) is 7.82. The molecule has 5 nitrogen and oxygen atoms in total. The van der Waals surface area contributed by atoms with Crippen LogP contribution in [0.15, 0.2) is 17.2 Å². The summed E-state index contributed by atoms with van der Waals surface area (Å²) in [7, 11) is -1.82. The number of ether oxygens (including phenoxy) is 1. The van der Waals surface area contributed by atoms with Crippen molar-refractivity contribution >= 4 is 21.6 Å². The van der Waals surface area contributed by atoms with E-state index >= 15 is 0 Å². The fraction of sp³-hybridized carbons (Fsp3) is 0.636. The zero-order valence-corrected chi connectivity index (χ0v) is 11.8. The molecule has 1 fully saturated rings. The van der Waals surface area contributed by atoms with Crippen LogP contribution >= 0.6 is 11.6 Å². The number of sulfonamides is 1. The van der Waals surface area contributed by atoms with Crippen molar-refractivity contribution in [1.29, 1.82) is 0 Å². The van der Waals surface area contributed by atoms with Crippen LogP contribution in [-0.2, 0) is 20.6 Å². The highest BCUT2D eigenvalue weighted by molar-refractivity contribution is 7.89. The van der Waals surface area contributed by atoms with Gasteiger partial charge in [-0.15, -0.1) is 11.6 Å². The highest BCUT2D eigenvalue weighted by atomic mass is 35.5. The topological polar surface area (TPSA) is 62.4 Å². The van der Waals surface area contributed by atoms with Gasteiger partial charge in [0.2, 0.25) is 10.0 Å². The van der Waals surface area contributed by atoms with Crippen LogP contribution < -0.4 is 0 Å². The van der Waals surface area contributed by atoms with Crippen molar-refractivity contribution in [2.24, 2.45) is 0 Å². The monoisotopic (exact) mass is 292 g/mol. The lowest BCUT2D eigenvalue weighted by atomic mass is 10.1. The van der Waals surface area contributed by atoms with Gasteiger partial charge >= 0.3 is 0 Å². The van der Waals surface area contributed by atoms with E-state index in [1.54, 1.807) is 13.1 Å². The number of hydrogen-bond acceptors (Lipinski definition) is 3. The third-order valence-corrected chi connectivity index (χ3v) is 5.42. The highest BCUT2D eigenvalue weighted by Crippen LogP contribution is 2.22. The molecule has 1 aromatic heterocycles. The fourth-order valence-corrected chi connectivity index (χ4v) is 3.65. The second-order valence-electron chi connectivity index (χ2n) is 4.36. The lowest BCUT2D eigenvalue weighted by Gasteiger charge is -2.30.